The topological polar surface area (TPSA) is 42.0 Å². The minimum absolute atomic E-state index is 0.0263. The first-order valence-electron chi connectivity index (χ1n) is 10.7. The molecule has 31 heavy (non-hydrogen) atoms. The van der Waals surface area contributed by atoms with Gasteiger partial charge in [0.25, 0.3) is 5.91 Å². The molecule has 0 fully saturated rings. The zero-order valence-corrected chi connectivity index (χ0v) is 18.1. The van der Waals surface area contributed by atoms with E-state index in [0.29, 0.717) is 10.6 Å². The molecule has 0 saturated heterocycles. The van der Waals surface area contributed by atoms with Crippen molar-refractivity contribution in [3.63, 3.8) is 0 Å². The third kappa shape index (κ3) is 3.70. The van der Waals surface area contributed by atoms with Crippen molar-refractivity contribution in [1.82, 2.24) is 10.3 Å². The molecule has 0 bridgehead atoms. The normalized spacial score (nSPS) is 15.5. The average Bonchev–Trinajstić information content (AvgIpc) is 2.79. The van der Waals surface area contributed by atoms with Crippen LogP contribution < -0.4 is 5.32 Å². The zero-order chi connectivity index (χ0) is 21.4. The van der Waals surface area contributed by atoms with E-state index in [0.717, 1.165) is 47.0 Å². The number of aromatic nitrogens is 1. The number of pyridine rings is 1. The van der Waals surface area contributed by atoms with Gasteiger partial charge in [-0.2, -0.15) is 0 Å². The molecule has 1 heterocycles. The van der Waals surface area contributed by atoms with Crippen LogP contribution in [0.5, 0.6) is 0 Å². The maximum Gasteiger partial charge on any atom is 0.252 e. The van der Waals surface area contributed by atoms with Crippen molar-refractivity contribution in [2.45, 2.75) is 32.2 Å². The van der Waals surface area contributed by atoms with Gasteiger partial charge >= 0.3 is 0 Å². The van der Waals surface area contributed by atoms with Crippen LogP contribution in [0.1, 0.15) is 45.9 Å². The Kier molecular flexibility index (Phi) is 5.21. The number of fused-ring (bicyclic) bond motifs is 2. The van der Waals surface area contributed by atoms with E-state index in [4.69, 9.17) is 16.6 Å². The fraction of sp³-hybridized carbons (Fsp3) is 0.185. The lowest BCUT2D eigenvalue weighted by molar-refractivity contribution is 0.0934. The molecule has 5 rings (SSSR count). The number of para-hydroxylation sites is 1. The van der Waals surface area contributed by atoms with Gasteiger partial charge in [-0.15, -0.1) is 0 Å². The lowest BCUT2D eigenvalue weighted by Gasteiger charge is -2.27. The van der Waals surface area contributed by atoms with Crippen LogP contribution in [0.25, 0.3) is 22.2 Å². The Bertz CT molecular complexity index is 1300. The van der Waals surface area contributed by atoms with Crippen LogP contribution >= 0.6 is 11.6 Å². The summed E-state index contributed by atoms with van der Waals surface area (Å²) in [5.74, 6) is -0.0546. The molecule has 154 valence electrons. The Morgan fingerprint density at radius 3 is 2.71 bits per heavy atom. The van der Waals surface area contributed by atoms with Crippen LogP contribution in [0.3, 0.4) is 0 Å². The molecule has 3 nitrogen and oxygen atoms in total. The molecule has 1 unspecified atom stereocenters. The number of benzene rings is 3. The zero-order valence-electron chi connectivity index (χ0n) is 17.4. The fourth-order valence-corrected chi connectivity index (χ4v) is 4.84. The van der Waals surface area contributed by atoms with Gasteiger partial charge in [0.15, 0.2) is 0 Å². The highest BCUT2D eigenvalue weighted by molar-refractivity contribution is 6.30. The Hall–Kier alpha value is -3.17. The second kappa shape index (κ2) is 8.16. The van der Waals surface area contributed by atoms with Crippen LogP contribution in [-0.2, 0) is 6.42 Å². The highest BCUT2D eigenvalue weighted by Gasteiger charge is 2.25. The number of halogens is 1. The number of rotatable bonds is 3. The molecule has 0 saturated carbocycles. The highest BCUT2D eigenvalue weighted by Crippen LogP contribution is 2.33. The number of amides is 1. The summed E-state index contributed by atoms with van der Waals surface area (Å²) >= 11 is 6.24. The molecule has 1 N–H and O–H groups in total. The summed E-state index contributed by atoms with van der Waals surface area (Å²) in [5, 5.41) is 4.84. The van der Waals surface area contributed by atoms with Crippen molar-refractivity contribution >= 4 is 28.4 Å². The summed E-state index contributed by atoms with van der Waals surface area (Å²) in [6, 6.07) is 23.9. The molecule has 0 spiro atoms. The second-order valence-corrected chi connectivity index (χ2v) is 8.54. The Balaban J connectivity index is 1.61. The number of nitrogens with one attached hydrogen (secondary N) is 1. The molecule has 4 aromatic rings. The molecule has 1 atom stereocenters. The first kappa shape index (κ1) is 19.8. The van der Waals surface area contributed by atoms with Gasteiger partial charge in [0.05, 0.1) is 22.8 Å². The molecule has 1 aromatic heterocycles. The molecule has 4 heteroatoms. The van der Waals surface area contributed by atoms with Gasteiger partial charge in [-0.25, -0.2) is 4.98 Å². The van der Waals surface area contributed by atoms with Gasteiger partial charge in [-0.1, -0.05) is 66.2 Å². The molecule has 1 aliphatic rings. The number of hydrogen-bond donors (Lipinski definition) is 1. The van der Waals surface area contributed by atoms with E-state index in [1.165, 1.54) is 11.1 Å². The van der Waals surface area contributed by atoms with E-state index in [2.05, 4.69) is 23.5 Å². The molecule has 3 aromatic carbocycles. The maximum atomic E-state index is 13.6. The average molecular weight is 427 g/mol. The standard InChI is InChI=1S/C27H23ClN2O/c1-17-25(27(31)30-23-15-7-9-18-8-2-3-12-21(18)23)22-13-4-5-14-24(22)29-26(17)19-10-6-11-20(28)16-19/h2-6,8,10-14,16,23H,7,9,15H2,1H3,(H,30,31). The van der Waals surface area contributed by atoms with Gasteiger partial charge in [-0.05, 0) is 61.1 Å². The molecular formula is C27H23ClN2O. The smallest absolute Gasteiger partial charge is 0.252 e. The highest BCUT2D eigenvalue weighted by atomic mass is 35.5. The van der Waals surface area contributed by atoms with Crippen molar-refractivity contribution in [2.75, 3.05) is 0 Å². The maximum absolute atomic E-state index is 13.6. The lowest BCUT2D eigenvalue weighted by atomic mass is 9.87. The van der Waals surface area contributed by atoms with E-state index >= 15 is 0 Å². The molecule has 1 amide bonds. The van der Waals surface area contributed by atoms with Crippen LogP contribution in [-0.4, -0.2) is 10.9 Å². The number of hydrogen-bond acceptors (Lipinski definition) is 2. The molecular weight excluding hydrogens is 404 g/mol. The summed E-state index contributed by atoms with van der Waals surface area (Å²) in [7, 11) is 0. The number of carbonyl (C=O) groups is 1. The predicted molar refractivity (Wildman–Crippen MR) is 127 cm³/mol. The van der Waals surface area contributed by atoms with Crippen molar-refractivity contribution in [2.24, 2.45) is 0 Å². The predicted octanol–water partition coefficient (Wildman–Crippen LogP) is 6.67. The van der Waals surface area contributed by atoms with Crippen LogP contribution in [0.2, 0.25) is 5.02 Å². The minimum atomic E-state index is -0.0546. The van der Waals surface area contributed by atoms with Crippen LogP contribution in [0, 0.1) is 6.92 Å². The van der Waals surface area contributed by atoms with Crippen molar-refractivity contribution < 1.29 is 4.79 Å². The lowest BCUT2D eigenvalue weighted by Crippen LogP contribution is -2.31. The number of aryl methyl sites for hydroxylation is 1. The summed E-state index contributed by atoms with van der Waals surface area (Å²) in [6.07, 6.45) is 3.09. The molecule has 1 aliphatic carbocycles. The van der Waals surface area contributed by atoms with Crippen LogP contribution in [0.15, 0.2) is 72.8 Å². The van der Waals surface area contributed by atoms with Gasteiger partial charge in [0.1, 0.15) is 0 Å². The summed E-state index contributed by atoms with van der Waals surface area (Å²) in [5.41, 5.74) is 6.61. The van der Waals surface area contributed by atoms with E-state index in [1.54, 1.807) is 0 Å². The first-order chi connectivity index (χ1) is 15.1. The molecule has 0 aliphatic heterocycles. The number of nitrogens with zero attached hydrogens (tertiary/aromatic N) is 1. The minimum Gasteiger partial charge on any atom is -0.345 e. The summed E-state index contributed by atoms with van der Waals surface area (Å²) in [4.78, 5) is 18.5. The van der Waals surface area contributed by atoms with E-state index in [-0.39, 0.29) is 11.9 Å². The third-order valence-corrected chi connectivity index (χ3v) is 6.37. The fourth-order valence-electron chi connectivity index (χ4n) is 4.65. The first-order valence-corrected chi connectivity index (χ1v) is 11.0. The van der Waals surface area contributed by atoms with Crippen molar-refractivity contribution in [1.29, 1.82) is 0 Å². The van der Waals surface area contributed by atoms with E-state index in [1.807, 2.05) is 61.5 Å². The Labute approximate surface area is 187 Å². The molecule has 0 radical (unpaired) electrons. The van der Waals surface area contributed by atoms with Crippen molar-refractivity contribution in [3.05, 3.63) is 100 Å². The van der Waals surface area contributed by atoms with Gasteiger partial charge in [0.2, 0.25) is 0 Å². The van der Waals surface area contributed by atoms with E-state index in [9.17, 15) is 4.79 Å². The monoisotopic (exact) mass is 426 g/mol. The SMILES string of the molecule is Cc1c(-c2cccc(Cl)c2)nc2ccccc2c1C(=O)NC1CCCc2ccccc21. The van der Waals surface area contributed by atoms with Crippen molar-refractivity contribution in [3.8, 4) is 11.3 Å². The Morgan fingerprint density at radius 1 is 1.03 bits per heavy atom. The second-order valence-electron chi connectivity index (χ2n) is 8.10. The van der Waals surface area contributed by atoms with Gasteiger partial charge in [-0.3, -0.25) is 4.79 Å². The number of carbonyl (C=O) groups excluding carboxylic acids is 1. The quantitative estimate of drug-likeness (QED) is 0.397. The summed E-state index contributed by atoms with van der Waals surface area (Å²) in [6.45, 7) is 1.97. The van der Waals surface area contributed by atoms with Gasteiger partial charge in [0, 0.05) is 16.0 Å². The van der Waals surface area contributed by atoms with Gasteiger partial charge < -0.3 is 5.32 Å². The third-order valence-electron chi connectivity index (χ3n) is 6.14. The largest absolute Gasteiger partial charge is 0.345 e. The van der Waals surface area contributed by atoms with Crippen LogP contribution in [0.4, 0.5) is 0 Å². The van der Waals surface area contributed by atoms with E-state index < -0.39 is 0 Å². The Morgan fingerprint density at radius 2 is 1.84 bits per heavy atom. The summed E-state index contributed by atoms with van der Waals surface area (Å²) < 4.78 is 0.